The molecule has 0 aromatic rings. The Labute approximate surface area is 102 Å². The maximum atomic E-state index is 11.5. The Morgan fingerprint density at radius 1 is 1.50 bits per heavy atom. The number of hydrogen-bond acceptors (Lipinski definition) is 4. The van der Waals surface area contributed by atoms with Crippen LogP contribution in [-0.2, 0) is 14.3 Å². The third-order valence-electron chi connectivity index (χ3n) is 2.41. The van der Waals surface area contributed by atoms with E-state index in [2.05, 4.69) is 5.32 Å². The minimum atomic E-state index is -0.450. The lowest BCUT2D eigenvalue weighted by Gasteiger charge is -2.24. The highest BCUT2D eigenvalue weighted by Crippen LogP contribution is 2.01. The molecule has 6 heteroatoms. The van der Waals surface area contributed by atoms with Gasteiger partial charge in [0.05, 0.1) is 32.0 Å². The van der Waals surface area contributed by atoms with Gasteiger partial charge in [-0.05, 0) is 5.92 Å². The highest BCUT2D eigenvalue weighted by molar-refractivity contribution is 5.85. The summed E-state index contributed by atoms with van der Waals surface area (Å²) in [4.78, 5) is 11.5. The summed E-state index contributed by atoms with van der Waals surface area (Å²) in [5.74, 6) is 0.0210. The fraction of sp³-hybridized carbons (Fsp3) is 0.900. The third kappa shape index (κ3) is 5.12. The average Bonchev–Trinajstić information content (AvgIpc) is 2.26. The molecule has 1 aliphatic rings. The summed E-state index contributed by atoms with van der Waals surface area (Å²) >= 11 is 0. The molecule has 0 aliphatic carbocycles. The molecule has 0 aromatic heterocycles. The second kappa shape index (κ2) is 7.84. The maximum absolute atomic E-state index is 11.5. The first kappa shape index (κ1) is 15.6. The van der Waals surface area contributed by atoms with Crippen LogP contribution in [0.2, 0.25) is 0 Å². The Morgan fingerprint density at radius 3 is 2.69 bits per heavy atom. The number of nitrogens with two attached hydrogens (primary N) is 1. The predicted octanol–water partition coefficient (Wildman–Crippen LogP) is -0.0769. The van der Waals surface area contributed by atoms with Crippen LogP contribution in [0.3, 0.4) is 0 Å². The highest BCUT2D eigenvalue weighted by atomic mass is 35.5. The Hall–Kier alpha value is -0.360. The molecule has 0 radical (unpaired) electrons. The fourth-order valence-electron chi connectivity index (χ4n) is 1.29. The Kier molecular flexibility index (Phi) is 7.66. The number of amides is 1. The van der Waals surface area contributed by atoms with Gasteiger partial charge in [0.1, 0.15) is 0 Å². The molecule has 1 aliphatic heterocycles. The van der Waals surface area contributed by atoms with Crippen LogP contribution in [-0.4, -0.2) is 44.4 Å². The number of hydrogen-bond donors (Lipinski definition) is 2. The largest absolute Gasteiger partial charge is 0.376 e. The van der Waals surface area contributed by atoms with Gasteiger partial charge < -0.3 is 20.5 Å². The maximum Gasteiger partial charge on any atom is 0.237 e. The van der Waals surface area contributed by atoms with Crippen LogP contribution in [0.5, 0.6) is 0 Å². The molecule has 96 valence electrons. The van der Waals surface area contributed by atoms with E-state index in [0.717, 1.165) is 0 Å². The zero-order valence-corrected chi connectivity index (χ0v) is 10.6. The van der Waals surface area contributed by atoms with Gasteiger partial charge in [0, 0.05) is 6.54 Å². The standard InChI is InChI=1S/C10H20N2O3.ClH/c1-7(2)9(11)10(13)12-5-8-6-14-3-4-15-8;/h7-9H,3-6,11H2,1-2H3,(H,12,13);1H/t8?,9-;/m1./s1. The van der Waals surface area contributed by atoms with E-state index in [1.165, 1.54) is 0 Å². The van der Waals surface area contributed by atoms with Gasteiger partial charge in [-0.15, -0.1) is 12.4 Å². The number of ether oxygens (including phenoxy) is 2. The molecule has 0 saturated carbocycles. The molecule has 1 unspecified atom stereocenters. The van der Waals surface area contributed by atoms with Gasteiger partial charge in [0.25, 0.3) is 0 Å². The summed E-state index contributed by atoms with van der Waals surface area (Å²) in [6.45, 7) is 6.08. The Balaban J connectivity index is 0.00000225. The third-order valence-corrected chi connectivity index (χ3v) is 2.41. The minimum absolute atomic E-state index is 0. The van der Waals surface area contributed by atoms with Crippen LogP contribution in [0.1, 0.15) is 13.8 Å². The van der Waals surface area contributed by atoms with Gasteiger partial charge in [-0.3, -0.25) is 4.79 Å². The van der Waals surface area contributed by atoms with Crippen LogP contribution in [0.25, 0.3) is 0 Å². The topological polar surface area (TPSA) is 73.6 Å². The van der Waals surface area contributed by atoms with Gasteiger partial charge in [-0.25, -0.2) is 0 Å². The van der Waals surface area contributed by atoms with Gasteiger partial charge >= 0.3 is 0 Å². The molecular formula is C10H21ClN2O3. The first-order chi connectivity index (χ1) is 7.11. The first-order valence-corrected chi connectivity index (χ1v) is 5.34. The SMILES string of the molecule is CC(C)[C@@H](N)C(=O)NCC1COCCO1.Cl. The summed E-state index contributed by atoms with van der Waals surface area (Å²) in [7, 11) is 0. The molecule has 1 rings (SSSR count). The smallest absolute Gasteiger partial charge is 0.237 e. The van der Waals surface area contributed by atoms with Crippen LogP contribution in [0, 0.1) is 5.92 Å². The second-order valence-corrected chi connectivity index (χ2v) is 4.08. The Morgan fingerprint density at radius 2 is 2.19 bits per heavy atom. The van der Waals surface area contributed by atoms with Crippen LogP contribution >= 0.6 is 12.4 Å². The molecule has 16 heavy (non-hydrogen) atoms. The van der Waals surface area contributed by atoms with Crippen LogP contribution in [0.15, 0.2) is 0 Å². The van der Waals surface area contributed by atoms with Gasteiger partial charge in [0.2, 0.25) is 5.91 Å². The molecule has 3 N–H and O–H groups in total. The number of nitrogens with one attached hydrogen (secondary N) is 1. The van der Waals surface area contributed by atoms with E-state index in [-0.39, 0.29) is 30.3 Å². The second-order valence-electron chi connectivity index (χ2n) is 4.08. The molecule has 5 nitrogen and oxygen atoms in total. The monoisotopic (exact) mass is 252 g/mol. The number of rotatable bonds is 4. The van der Waals surface area contributed by atoms with Crippen molar-refractivity contribution < 1.29 is 14.3 Å². The number of carbonyl (C=O) groups is 1. The van der Waals surface area contributed by atoms with Crippen molar-refractivity contribution in [3.05, 3.63) is 0 Å². The van der Waals surface area contributed by atoms with Crippen LogP contribution < -0.4 is 11.1 Å². The molecule has 1 amide bonds. The summed E-state index contributed by atoms with van der Waals surface area (Å²) in [5, 5.41) is 2.76. The summed E-state index contributed by atoms with van der Waals surface area (Å²) in [6, 6.07) is -0.450. The number of carbonyl (C=O) groups excluding carboxylic acids is 1. The fourth-order valence-corrected chi connectivity index (χ4v) is 1.29. The van der Waals surface area contributed by atoms with Gasteiger partial charge in [-0.2, -0.15) is 0 Å². The van der Waals surface area contributed by atoms with Crippen molar-refractivity contribution in [2.45, 2.75) is 26.0 Å². The predicted molar refractivity (Wildman–Crippen MR) is 63.6 cm³/mol. The average molecular weight is 253 g/mol. The lowest BCUT2D eigenvalue weighted by atomic mass is 10.1. The zero-order chi connectivity index (χ0) is 11.3. The molecule has 0 bridgehead atoms. The van der Waals surface area contributed by atoms with E-state index in [0.29, 0.717) is 26.4 Å². The van der Waals surface area contributed by atoms with E-state index in [1.54, 1.807) is 0 Å². The molecule has 2 atom stereocenters. The van der Waals surface area contributed by atoms with E-state index in [9.17, 15) is 4.79 Å². The molecular weight excluding hydrogens is 232 g/mol. The normalized spacial score (nSPS) is 22.4. The van der Waals surface area contributed by atoms with Crippen molar-refractivity contribution in [1.29, 1.82) is 0 Å². The van der Waals surface area contributed by atoms with Gasteiger partial charge in [0.15, 0.2) is 0 Å². The van der Waals surface area contributed by atoms with Crippen molar-refractivity contribution in [2.75, 3.05) is 26.4 Å². The summed E-state index contributed by atoms with van der Waals surface area (Å²) in [6.07, 6.45) is -0.0398. The Bertz CT molecular complexity index is 208. The van der Waals surface area contributed by atoms with E-state index in [1.807, 2.05) is 13.8 Å². The van der Waals surface area contributed by atoms with Crippen LogP contribution in [0.4, 0.5) is 0 Å². The molecule has 1 heterocycles. The summed E-state index contributed by atoms with van der Waals surface area (Å²) < 4.78 is 10.6. The van der Waals surface area contributed by atoms with Crippen molar-refractivity contribution in [1.82, 2.24) is 5.32 Å². The minimum Gasteiger partial charge on any atom is -0.376 e. The first-order valence-electron chi connectivity index (χ1n) is 5.34. The van der Waals surface area contributed by atoms with Gasteiger partial charge in [-0.1, -0.05) is 13.8 Å². The lowest BCUT2D eigenvalue weighted by molar-refractivity contribution is -0.126. The molecule has 0 spiro atoms. The molecule has 0 aromatic carbocycles. The van der Waals surface area contributed by atoms with Crippen molar-refractivity contribution in [2.24, 2.45) is 11.7 Å². The molecule has 1 fully saturated rings. The quantitative estimate of drug-likeness (QED) is 0.734. The van der Waals surface area contributed by atoms with Crippen molar-refractivity contribution in [3.63, 3.8) is 0 Å². The zero-order valence-electron chi connectivity index (χ0n) is 9.77. The van der Waals surface area contributed by atoms with E-state index in [4.69, 9.17) is 15.2 Å². The lowest BCUT2D eigenvalue weighted by Crippen LogP contribution is -2.48. The summed E-state index contributed by atoms with van der Waals surface area (Å²) in [5.41, 5.74) is 5.69. The van der Waals surface area contributed by atoms with Crippen molar-refractivity contribution >= 4 is 18.3 Å². The van der Waals surface area contributed by atoms with E-state index >= 15 is 0 Å². The number of halogens is 1. The van der Waals surface area contributed by atoms with E-state index < -0.39 is 6.04 Å². The molecule has 1 saturated heterocycles. The van der Waals surface area contributed by atoms with Crippen molar-refractivity contribution in [3.8, 4) is 0 Å². The highest BCUT2D eigenvalue weighted by Gasteiger charge is 2.19.